The van der Waals surface area contributed by atoms with E-state index in [1.807, 2.05) is 37.3 Å². The molecule has 2 fully saturated rings. The second-order valence-corrected chi connectivity index (χ2v) is 10.2. The molecule has 9 heteroatoms. The Balaban J connectivity index is 1.46. The lowest BCUT2D eigenvalue weighted by Crippen LogP contribution is -2.47. The maximum Gasteiger partial charge on any atom is 0.261 e. The molecular weight excluding hydrogens is 470 g/mol. The van der Waals surface area contributed by atoms with Gasteiger partial charge in [0.2, 0.25) is 11.8 Å². The molecule has 1 atom stereocenters. The summed E-state index contributed by atoms with van der Waals surface area (Å²) in [5.41, 5.74) is 0.890. The number of carbonyl (C=O) groups excluding carboxylic acids is 3. The number of hydrogen-bond donors (Lipinski definition) is 1. The lowest BCUT2D eigenvalue weighted by atomic mass is 10.0. The van der Waals surface area contributed by atoms with Crippen molar-refractivity contribution in [1.29, 1.82) is 0 Å². The molecule has 0 radical (unpaired) electrons. The van der Waals surface area contributed by atoms with Crippen LogP contribution >= 0.6 is 27.3 Å². The predicted molar refractivity (Wildman–Crippen MR) is 119 cm³/mol. The zero-order valence-corrected chi connectivity index (χ0v) is 18.9. The lowest BCUT2D eigenvalue weighted by molar-refractivity contribution is -0.119. The number of rotatable bonds is 4. The van der Waals surface area contributed by atoms with Crippen LogP contribution in [0.15, 0.2) is 40.2 Å². The second kappa shape index (κ2) is 8.49. The number of benzene rings is 1. The van der Waals surface area contributed by atoms with Gasteiger partial charge in [-0.05, 0) is 59.3 Å². The molecule has 1 aromatic carbocycles. The molecule has 158 valence electrons. The first-order valence-corrected chi connectivity index (χ1v) is 11.3. The first-order valence-electron chi connectivity index (χ1n) is 9.71. The Morgan fingerprint density at radius 3 is 2.43 bits per heavy atom. The quantitative estimate of drug-likeness (QED) is 0.712. The Kier molecular flexibility index (Phi) is 5.95. The van der Waals surface area contributed by atoms with Crippen LogP contribution in [0.4, 0.5) is 11.4 Å². The van der Waals surface area contributed by atoms with E-state index in [0.29, 0.717) is 37.6 Å². The number of nitrogens with one attached hydrogen (secondary N) is 1. The average Bonchev–Trinajstić information content (AvgIpc) is 3.19. The van der Waals surface area contributed by atoms with Crippen LogP contribution in [0.1, 0.15) is 29.4 Å². The van der Waals surface area contributed by atoms with Gasteiger partial charge in [-0.15, -0.1) is 11.3 Å². The van der Waals surface area contributed by atoms with Crippen LogP contribution in [-0.2, 0) is 14.3 Å². The van der Waals surface area contributed by atoms with E-state index in [1.165, 1.54) is 11.3 Å². The molecule has 0 aliphatic carbocycles. The molecule has 0 bridgehead atoms. The van der Waals surface area contributed by atoms with E-state index in [0.717, 1.165) is 15.2 Å². The Bertz CT molecular complexity index is 977. The summed E-state index contributed by atoms with van der Waals surface area (Å²) in [7, 11) is 0. The summed E-state index contributed by atoms with van der Waals surface area (Å²) in [6.45, 7) is 3.75. The fourth-order valence-electron chi connectivity index (χ4n) is 3.78. The topological polar surface area (TPSA) is 79.0 Å². The number of amides is 3. The molecule has 7 nitrogen and oxygen atoms in total. The molecule has 2 saturated heterocycles. The van der Waals surface area contributed by atoms with Crippen LogP contribution in [-0.4, -0.2) is 49.6 Å². The monoisotopic (exact) mass is 491 g/mol. The van der Waals surface area contributed by atoms with Crippen molar-refractivity contribution in [1.82, 2.24) is 5.32 Å². The number of thiophene rings is 1. The van der Waals surface area contributed by atoms with E-state index >= 15 is 0 Å². The third-order valence-electron chi connectivity index (χ3n) is 5.26. The standard InChI is InChI=1S/C21H22BrN3O4S/c1-21(23-20(28)16-6-7-17(22)30-16)12-19(27)25(13-21)15-4-2-14(3-5-15)24-9-11-29-10-8-18(24)26/h2-7H,8-13H2,1H3,(H,23,28). The first-order chi connectivity index (χ1) is 14.3. The minimum atomic E-state index is -0.651. The minimum Gasteiger partial charge on any atom is -0.379 e. The van der Waals surface area contributed by atoms with Crippen LogP contribution < -0.4 is 15.1 Å². The fraction of sp³-hybridized carbons (Fsp3) is 0.381. The molecule has 1 unspecified atom stereocenters. The average molecular weight is 492 g/mol. The van der Waals surface area contributed by atoms with Gasteiger partial charge in [-0.3, -0.25) is 14.4 Å². The number of nitrogens with zero attached hydrogens (tertiary/aromatic N) is 2. The van der Waals surface area contributed by atoms with E-state index in [1.54, 1.807) is 15.9 Å². The second-order valence-electron chi connectivity index (χ2n) is 7.70. The maximum atomic E-state index is 12.7. The normalized spacial score (nSPS) is 22.3. The van der Waals surface area contributed by atoms with Crippen LogP contribution in [0, 0.1) is 0 Å². The Morgan fingerprint density at radius 1 is 1.07 bits per heavy atom. The number of carbonyl (C=O) groups is 3. The van der Waals surface area contributed by atoms with Crippen molar-refractivity contribution >= 4 is 56.4 Å². The highest BCUT2D eigenvalue weighted by Gasteiger charge is 2.41. The van der Waals surface area contributed by atoms with Crippen molar-refractivity contribution < 1.29 is 19.1 Å². The molecular formula is C21H22BrN3O4S. The molecule has 2 aromatic rings. The van der Waals surface area contributed by atoms with Gasteiger partial charge in [0.15, 0.2) is 0 Å². The van der Waals surface area contributed by atoms with E-state index in [4.69, 9.17) is 4.74 Å². The van der Waals surface area contributed by atoms with Gasteiger partial charge in [-0.1, -0.05) is 0 Å². The molecule has 30 heavy (non-hydrogen) atoms. The number of hydrogen-bond acceptors (Lipinski definition) is 5. The first kappa shape index (κ1) is 21.0. The van der Waals surface area contributed by atoms with Crippen LogP contribution in [0.25, 0.3) is 0 Å². The van der Waals surface area contributed by atoms with Gasteiger partial charge in [0, 0.05) is 24.5 Å². The van der Waals surface area contributed by atoms with Crippen molar-refractivity contribution in [3.8, 4) is 0 Å². The van der Waals surface area contributed by atoms with Crippen LogP contribution in [0.5, 0.6) is 0 Å². The number of ether oxygens (including phenoxy) is 1. The van der Waals surface area contributed by atoms with Gasteiger partial charge >= 0.3 is 0 Å². The Hall–Kier alpha value is -2.23. The molecule has 1 aromatic heterocycles. The highest BCUT2D eigenvalue weighted by molar-refractivity contribution is 9.11. The van der Waals surface area contributed by atoms with Gasteiger partial charge in [0.1, 0.15) is 0 Å². The molecule has 4 rings (SSSR count). The molecule has 2 aliphatic rings. The Morgan fingerprint density at radius 2 is 1.77 bits per heavy atom. The molecule has 3 amide bonds. The van der Waals surface area contributed by atoms with Crippen molar-refractivity contribution in [3.05, 3.63) is 45.1 Å². The van der Waals surface area contributed by atoms with Gasteiger partial charge in [-0.25, -0.2) is 0 Å². The van der Waals surface area contributed by atoms with Gasteiger partial charge < -0.3 is 19.9 Å². The lowest BCUT2D eigenvalue weighted by Gasteiger charge is -2.26. The highest BCUT2D eigenvalue weighted by atomic mass is 79.9. The number of halogens is 1. The summed E-state index contributed by atoms with van der Waals surface area (Å²) in [5.74, 6) is -0.190. The van der Waals surface area contributed by atoms with Crippen molar-refractivity contribution in [2.24, 2.45) is 0 Å². The zero-order chi connectivity index (χ0) is 21.3. The summed E-state index contributed by atoms with van der Waals surface area (Å²) in [6, 6.07) is 11.0. The molecule has 3 heterocycles. The van der Waals surface area contributed by atoms with E-state index in [9.17, 15) is 14.4 Å². The van der Waals surface area contributed by atoms with Gasteiger partial charge in [0.25, 0.3) is 5.91 Å². The maximum absolute atomic E-state index is 12.7. The van der Waals surface area contributed by atoms with Crippen LogP contribution in [0.3, 0.4) is 0 Å². The molecule has 2 aliphatic heterocycles. The predicted octanol–water partition coefficient (Wildman–Crippen LogP) is 3.19. The van der Waals surface area contributed by atoms with Crippen LogP contribution in [0.2, 0.25) is 0 Å². The molecule has 0 spiro atoms. The fourth-order valence-corrected chi connectivity index (χ4v) is 5.06. The van der Waals surface area contributed by atoms with Crippen molar-refractivity contribution in [2.45, 2.75) is 25.3 Å². The van der Waals surface area contributed by atoms with Crippen molar-refractivity contribution in [3.63, 3.8) is 0 Å². The van der Waals surface area contributed by atoms with Gasteiger partial charge in [-0.2, -0.15) is 0 Å². The molecule has 1 N–H and O–H groups in total. The summed E-state index contributed by atoms with van der Waals surface area (Å²) < 4.78 is 6.26. The minimum absolute atomic E-state index is 0.0352. The Labute approximate surface area is 187 Å². The highest BCUT2D eigenvalue weighted by Crippen LogP contribution is 2.30. The summed E-state index contributed by atoms with van der Waals surface area (Å²) in [5, 5.41) is 3.01. The summed E-state index contributed by atoms with van der Waals surface area (Å²) >= 11 is 4.72. The largest absolute Gasteiger partial charge is 0.379 e. The number of anilines is 2. The van der Waals surface area contributed by atoms with E-state index in [2.05, 4.69) is 21.2 Å². The molecule has 0 saturated carbocycles. The zero-order valence-electron chi connectivity index (χ0n) is 16.5. The van der Waals surface area contributed by atoms with E-state index in [-0.39, 0.29) is 24.1 Å². The summed E-state index contributed by atoms with van der Waals surface area (Å²) in [6.07, 6.45) is 0.597. The SMILES string of the molecule is CC1(NC(=O)c2ccc(Br)s2)CC(=O)N(c2ccc(N3CCOCCC3=O)cc2)C1. The van der Waals surface area contributed by atoms with Crippen molar-refractivity contribution in [2.75, 3.05) is 36.1 Å². The van der Waals surface area contributed by atoms with Gasteiger partial charge in [0.05, 0.1) is 40.3 Å². The summed E-state index contributed by atoms with van der Waals surface area (Å²) in [4.78, 5) is 41.5. The van der Waals surface area contributed by atoms with E-state index < -0.39 is 5.54 Å². The smallest absolute Gasteiger partial charge is 0.261 e. The third-order valence-corrected chi connectivity index (χ3v) is 6.88. The third kappa shape index (κ3) is 4.43.